The molecule has 0 saturated heterocycles. The molecule has 0 aromatic heterocycles. The van der Waals surface area contributed by atoms with Gasteiger partial charge in [-0.25, -0.2) is 0 Å². The van der Waals surface area contributed by atoms with Gasteiger partial charge in [-0.15, -0.1) is 0 Å². The number of Topliss-reactive ketones (excluding diaryl/α,β-unsaturated/α-hetero) is 2. The number of rotatable bonds is 0. The van der Waals surface area contributed by atoms with Crippen LogP contribution in [0.5, 0.6) is 0 Å². The van der Waals surface area contributed by atoms with Gasteiger partial charge in [-0.05, 0) is 72.0 Å². The molecule has 5 fully saturated rings. The van der Waals surface area contributed by atoms with Crippen LogP contribution in [0.15, 0.2) is 0 Å². The first-order valence-corrected chi connectivity index (χ1v) is 13.8. The number of nitriles is 1. The summed E-state index contributed by atoms with van der Waals surface area (Å²) in [4.78, 5) is 27.7. The molecule has 0 aliphatic heterocycles. The first-order chi connectivity index (χ1) is 15.3. The molecule has 3 heteroatoms. The summed E-state index contributed by atoms with van der Waals surface area (Å²) in [6, 6.07) is 2.89. The van der Waals surface area contributed by atoms with Gasteiger partial charge in [0.05, 0.1) is 11.5 Å². The summed E-state index contributed by atoms with van der Waals surface area (Å²) >= 11 is 0. The van der Waals surface area contributed by atoms with Crippen molar-refractivity contribution < 1.29 is 9.59 Å². The van der Waals surface area contributed by atoms with E-state index in [0.29, 0.717) is 29.8 Å². The zero-order chi connectivity index (χ0) is 24.1. The maximum Gasteiger partial charge on any atom is 0.142 e. The Labute approximate surface area is 201 Å². The van der Waals surface area contributed by atoms with Crippen molar-refractivity contribution in [3.63, 3.8) is 0 Å². The van der Waals surface area contributed by atoms with Gasteiger partial charge in [-0.3, -0.25) is 9.59 Å². The lowest BCUT2D eigenvalue weighted by Gasteiger charge is -2.70. The van der Waals surface area contributed by atoms with Gasteiger partial charge in [0.2, 0.25) is 0 Å². The summed E-state index contributed by atoms with van der Waals surface area (Å²) in [5.74, 6) is 2.93. The van der Waals surface area contributed by atoms with Crippen LogP contribution < -0.4 is 0 Å². The lowest BCUT2D eigenvalue weighted by atomic mass is 9.31. The number of ketones is 2. The average Bonchev–Trinajstić information content (AvgIpc) is 2.76. The highest BCUT2D eigenvalue weighted by molar-refractivity contribution is 5.89. The third-order valence-electron chi connectivity index (χ3n) is 12.2. The molecule has 5 rings (SSSR count). The zero-order valence-corrected chi connectivity index (χ0v) is 22.0. The van der Waals surface area contributed by atoms with Gasteiger partial charge in [0, 0.05) is 23.7 Å². The van der Waals surface area contributed by atoms with E-state index in [2.05, 4.69) is 54.5 Å². The number of hydrogen-bond acceptors (Lipinski definition) is 3. The molecule has 33 heavy (non-hydrogen) atoms. The molecular formula is C30H45NO2. The van der Waals surface area contributed by atoms with Crippen molar-refractivity contribution in [2.45, 2.75) is 99.8 Å². The van der Waals surface area contributed by atoms with Gasteiger partial charge in [0.15, 0.2) is 0 Å². The fraction of sp³-hybridized carbons (Fsp3) is 0.900. The van der Waals surface area contributed by atoms with E-state index in [9.17, 15) is 14.9 Å². The number of fused-ring (bicyclic) bond motifs is 7. The topological polar surface area (TPSA) is 57.9 Å². The van der Waals surface area contributed by atoms with E-state index < -0.39 is 10.8 Å². The highest BCUT2D eigenvalue weighted by Gasteiger charge is 2.73. The van der Waals surface area contributed by atoms with Gasteiger partial charge in [-0.1, -0.05) is 67.7 Å². The van der Waals surface area contributed by atoms with Crippen LogP contribution in [0.4, 0.5) is 0 Å². The lowest BCUT2D eigenvalue weighted by molar-refractivity contribution is -0.221. The van der Waals surface area contributed by atoms with Crippen molar-refractivity contribution in [3.05, 3.63) is 0 Å². The highest BCUT2D eigenvalue weighted by atomic mass is 16.1. The van der Waals surface area contributed by atoms with E-state index in [0.717, 1.165) is 18.8 Å². The van der Waals surface area contributed by atoms with E-state index in [-0.39, 0.29) is 40.4 Å². The minimum atomic E-state index is -0.629. The van der Waals surface area contributed by atoms with Crippen LogP contribution in [-0.4, -0.2) is 11.6 Å². The van der Waals surface area contributed by atoms with Crippen LogP contribution in [0.2, 0.25) is 0 Å². The van der Waals surface area contributed by atoms with E-state index in [4.69, 9.17) is 0 Å². The maximum absolute atomic E-state index is 14.0. The predicted octanol–water partition coefficient (Wildman–Crippen LogP) is 6.85. The largest absolute Gasteiger partial charge is 0.299 e. The van der Waals surface area contributed by atoms with Crippen LogP contribution in [-0.2, 0) is 9.59 Å². The van der Waals surface area contributed by atoms with Crippen molar-refractivity contribution >= 4 is 11.6 Å². The fourth-order valence-electron chi connectivity index (χ4n) is 10.9. The average molecular weight is 452 g/mol. The molecule has 9 unspecified atom stereocenters. The van der Waals surface area contributed by atoms with Crippen molar-refractivity contribution in [2.75, 3.05) is 0 Å². The normalized spacial score (nSPS) is 49.6. The summed E-state index contributed by atoms with van der Waals surface area (Å²) in [5.41, 5.74) is -1.42. The molecule has 0 spiro atoms. The SMILES string of the molecule is CC1C(=O)C(C)(C)C2C(C1(C)C)C1(C#N)CC(=O)C3C4CCCCC4CCC3C1CC2(C)C. The molecular weight excluding hydrogens is 406 g/mol. The first kappa shape index (κ1) is 23.6. The predicted molar refractivity (Wildman–Crippen MR) is 130 cm³/mol. The minimum absolute atomic E-state index is 0.0272. The van der Waals surface area contributed by atoms with Gasteiger partial charge >= 0.3 is 0 Å². The summed E-state index contributed by atoms with van der Waals surface area (Å²) in [7, 11) is 0. The molecule has 0 amide bonds. The van der Waals surface area contributed by atoms with Crippen LogP contribution in [0, 0.1) is 80.3 Å². The summed E-state index contributed by atoms with van der Waals surface area (Å²) in [6.45, 7) is 15.5. The quantitative estimate of drug-likeness (QED) is 0.404. The third kappa shape index (κ3) is 2.91. The van der Waals surface area contributed by atoms with Crippen molar-refractivity contribution in [1.82, 2.24) is 0 Å². The molecule has 0 N–H and O–H groups in total. The molecule has 0 radical (unpaired) electrons. The van der Waals surface area contributed by atoms with E-state index >= 15 is 0 Å². The smallest absolute Gasteiger partial charge is 0.142 e. The molecule has 3 nitrogen and oxygen atoms in total. The van der Waals surface area contributed by atoms with Crippen molar-refractivity contribution in [1.29, 1.82) is 5.26 Å². The summed E-state index contributed by atoms with van der Waals surface area (Å²) in [6.07, 6.45) is 8.88. The van der Waals surface area contributed by atoms with Gasteiger partial charge < -0.3 is 0 Å². The molecule has 5 saturated carbocycles. The molecule has 0 aromatic rings. The van der Waals surface area contributed by atoms with E-state index in [1.54, 1.807) is 0 Å². The second kappa shape index (κ2) is 7.18. The Balaban J connectivity index is 1.66. The maximum atomic E-state index is 14.0. The Kier molecular flexibility index (Phi) is 5.12. The van der Waals surface area contributed by atoms with Crippen molar-refractivity contribution in [3.8, 4) is 6.07 Å². The van der Waals surface area contributed by atoms with Gasteiger partial charge in [0.25, 0.3) is 0 Å². The van der Waals surface area contributed by atoms with Gasteiger partial charge in [0.1, 0.15) is 11.6 Å². The molecule has 182 valence electrons. The van der Waals surface area contributed by atoms with Crippen LogP contribution in [0.1, 0.15) is 99.8 Å². The van der Waals surface area contributed by atoms with Gasteiger partial charge in [-0.2, -0.15) is 5.26 Å². The van der Waals surface area contributed by atoms with Crippen LogP contribution >= 0.6 is 0 Å². The highest BCUT2D eigenvalue weighted by Crippen LogP contribution is 2.74. The zero-order valence-electron chi connectivity index (χ0n) is 22.0. The summed E-state index contributed by atoms with van der Waals surface area (Å²) < 4.78 is 0. The Morgan fingerprint density at radius 1 is 0.879 bits per heavy atom. The monoisotopic (exact) mass is 451 g/mol. The van der Waals surface area contributed by atoms with Crippen molar-refractivity contribution in [2.24, 2.45) is 69.0 Å². The third-order valence-corrected chi connectivity index (χ3v) is 12.2. The number of hydrogen-bond donors (Lipinski definition) is 0. The summed E-state index contributed by atoms with van der Waals surface area (Å²) in [5, 5.41) is 11.0. The second-order valence-electron chi connectivity index (χ2n) is 14.7. The molecule has 5 aliphatic carbocycles. The van der Waals surface area contributed by atoms with E-state index in [1.165, 1.54) is 32.1 Å². The van der Waals surface area contributed by atoms with Crippen LogP contribution in [0.25, 0.3) is 0 Å². The number of carbonyl (C=O) groups is 2. The Bertz CT molecular complexity index is 907. The molecule has 0 bridgehead atoms. The Morgan fingerprint density at radius 2 is 1.55 bits per heavy atom. The Hall–Kier alpha value is -1.17. The second-order valence-corrected chi connectivity index (χ2v) is 14.7. The Morgan fingerprint density at radius 3 is 2.21 bits per heavy atom. The standard InChI is InChI=1S/C30H45NO2/c1-17-26(33)29(6,7)24-25(28(17,4)5)30(16-31)15-22(32)23-19-11-9-8-10-18(19)12-13-20(23)21(30)14-27(24,2)3/h17-21,23-25H,8-15H2,1-7H3. The molecule has 9 atom stereocenters. The lowest BCUT2D eigenvalue weighted by Crippen LogP contribution is -2.70. The number of nitrogens with zero attached hydrogens (tertiary/aromatic N) is 1. The first-order valence-electron chi connectivity index (χ1n) is 13.8. The molecule has 0 aromatic carbocycles. The fourth-order valence-corrected chi connectivity index (χ4v) is 10.9. The molecule has 5 aliphatic rings. The van der Waals surface area contributed by atoms with Crippen LogP contribution in [0.3, 0.4) is 0 Å². The van der Waals surface area contributed by atoms with E-state index in [1.807, 2.05) is 0 Å². The minimum Gasteiger partial charge on any atom is -0.299 e. The molecule has 0 heterocycles. The number of carbonyl (C=O) groups excluding carboxylic acids is 2.